The van der Waals surface area contributed by atoms with Gasteiger partial charge in [-0.1, -0.05) is 35.0 Å². The van der Waals surface area contributed by atoms with Crippen molar-refractivity contribution in [2.24, 2.45) is 17.8 Å². The summed E-state index contributed by atoms with van der Waals surface area (Å²) in [5.41, 5.74) is 0.762. The minimum absolute atomic E-state index is 0.0234. The summed E-state index contributed by atoms with van der Waals surface area (Å²) >= 11 is 3.37. The van der Waals surface area contributed by atoms with Crippen LogP contribution in [0, 0.1) is 27.9 Å². The van der Waals surface area contributed by atoms with E-state index in [4.69, 9.17) is 0 Å². The number of halogens is 1. The molecule has 1 saturated carbocycles. The molecule has 2 aromatic carbocycles. The Hall–Kier alpha value is -3.07. The molecule has 1 aliphatic carbocycles. The topological polar surface area (TPSA) is 101 Å². The fourth-order valence-corrected chi connectivity index (χ4v) is 4.75. The van der Waals surface area contributed by atoms with Crippen LogP contribution in [-0.2, 0) is 16.1 Å². The van der Waals surface area contributed by atoms with Gasteiger partial charge in [0.15, 0.2) is 0 Å². The van der Waals surface area contributed by atoms with Crippen molar-refractivity contribution in [2.75, 3.05) is 0 Å². The number of imide groups is 1. The molecule has 2 aliphatic rings. The van der Waals surface area contributed by atoms with Gasteiger partial charge in [-0.3, -0.25) is 24.5 Å². The lowest BCUT2D eigenvalue weighted by atomic mass is 9.76. The van der Waals surface area contributed by atoms with E-state index in [9.17, 15) is 24.5 Å². The summed E-state index contributed by atoms with van der Waals surface area (Å²) in [6.07, 6.45) is 2.13. The summed E-state index contributed by atoms with van der Waals surface area (Å²) in [5.74, 6) is -1.73. The molecule has 3 atom stereocenters. The number of rotatable bonds is 5. The molecule has 1 heterocycles. The van der Waals surface area contributed by atoms with Crippen molar-refractivity contribution in [3.8, 4) is 0 Å². The quantitative estimate of drug-likeness (QED) is 0.346. The van der Waals surface area contributed by atoms with Crippen molar-refractivity contribution in [3.05, 3.63) is 74.2 Å². The Labute approximate surface area is 193 Å². The Balaban J connectivity index is 1.69. The van der Waals surface area contributed by atoms with Gasteiger partial charge in [-0.15, -0.1) is 0 Å². The van der Waals surface area contributed by atoms with Crippen molar-refractivity contribution in [1.82, 2.24) is 10.0 Å². The van der Waals surface area contributed by atoms with Gasteiger partial charge >= 0.3 is 0 Å². The summed E-state index contributed by atoms with van der Waals surface area (Å²) in [7, 11) is 0. The summed E-state index contributed by atoms with van der Waals surface area (Å²) in [6, 6.07) is 12.4. The van der Waals surface area contributed by atoms with E-state index in [1.165, 1.54) is 29.3 Å². The first-order valence-electron chi connectivity index (χ1n) is 10.4. The average Bonchev–Trinajstić information content (AvgIpc) is 3.02. The Morgan fingerprint density at radius 2 is 1.69 bits per heavy atom. The standard InChI is InChI=1S/C23H22BrN3O5/c1-14-2-11-19-20(12-14)23(30)26(22(19)29)25(13-15-3-7-17(24)8-4-15)21(28)16-5-9-18(10-6-16)27(31)32/h3-10,14,19-20H,2,11-13H2,1H3/t14-,19+,20+/m1/s1. The van der Waals surface area contributed by atoms with Crippen LogP contribution < -0.4 is 0 Å². The zero-order valence-electron chi connectivity index (χ0n) is 17.4. The van der Waals surface area contributed by atoms with E-state index in [-0.39, 0.29) is 29.6 Å². The number of carbonyl (C=O) groups excluding carboxylic acids is 3. The molecule has 0 bridgehead atoms. The summed E-state index contributed by atoms with van der Waals surface area (Å²) in [6.45, 7) is 2.09. The van der Waals surface area contributed by atoms with E-state index in [2.05, 4.69) is 22.9 Å². The molecule has 0 spiro atoms. The number of hydrogen-bond acceptors (Lipinski definition) is 5. The molecule has 2 aromatic rings. The van der Waals surface area contributed by atoms with Gasteiger partial charge in [0.1, 0.15) is 0 Å². The fraction of sp³-hybridized carbons (Fsp3) is 0.348. The Bertz CT molecular complexity index is 1070. The molecule has 1 aliphatic heterocycles. The number of amides is 3. The molecule has 2 fully saturated rings. The minimum Gasteiger partial charge on any atom is -0.272 e. The third-order valence-corrected chi connectivity index (χ3v) is 6.74. The van der Waals surface area contributed by atoms with Gasteiger partial charge in [0.05, 0.1) is 23.3 Å². The lowest BCUT2D eigenvalue weighted by Crippen LogP contribution is -2.49. The molecule has 4 rings (SSSR count). The van der Waals surface area contributed by atoms with Gasteiger partial charge in [0.2, 0.25) is 0 Å². The summed E-state index contributed by atoms with van der Waals surface area (Å²) < 4.78 is 0.864. The van der Waals surface area contributed by atoms with E-state index in [1.807, 2.05) is 12.1 Å². The predicted molar refractivity (Wildman–Crippen MR) is 119 cm³/mol. The molecule has 8 nitrogen and oxygen atoms in total. The van der Waals surface area contributed by atoms with Crippen molar-refractivity contribution in [1.29, 1.82) is 0 Å². The molecule has 3 amide bonds. The molecule has 9 heteroatoms. The zero-order chi connectivity index (χ0) is 23.0. The number of benzene rings is 2. The number of nitro benzene ring substituents is 1. The maximum atomic E-state index is 13.4. The first kappa shape index (κ1) is 22.1. The van der Waals surface area contributed by atoms with E-state index in [1.54, 1.807) is 12.1 Å². The molecule has 0 radical (unpaired) electrons. The Morgan fingerprint density at radius 1 is 1.06 bits per heavy atom. The van der Waals surface area contributed by atoms with Gasteiger partial charge in [0.25, 0.3) is 23.4 Å². The highest BCUT2D eigenvalue weighted by Crippen LogP contribution is 2.41. The van der Waals surface area contributed by atoms with Crippen LogP contribution in [0.5, 0.6) is 0 Å². The molecule has 0 N–H and O–H groups in total. The molecule has 166 valence electrons. The van der Waals surface area contributed by atoms with E-state index < -0.39 is 22.7 Å². The number of nitrogens with zero attached hydrogens (tertiary/aromatic N) is 3. The van der Waals surface area contributed by atoms with Gasteiger partial charge in [-0.05, 0) is 55.0 Å². The number of hydrogen-bond donors (Lipinski definition) is 0. The number of non-ortho nitro benzene ring substituents is 1. The maximum absolute atomic E-state index is 13.4. The number of fused-ring (bicyclic) bond motifs is 1. The molecule has 32 heavy (non-hydrogen) atoms. The minimum atomic E-state index is -0.559. The van der Waals surface area contributed by atoms with Gasteiger partial charge in [0, 0.05) is 22.2 Å². The average molecular weight is 500 g/mol. The fourth-order valence-electron chi connectivity index (χ4n) is 4.48. The van der Waals surface area contributed by atoms with Crippen molar-refractivity contribution in [2.45, 2.75) is 32.7 Å². The van der Waals surface area contributed by atoms with Crippen molar-refractivity contribution < 1.29 is 19.3 Å². The molecule has 1 saturated heterocycles. The number of carbonyl (C=O) groups is 3. The van der Waals surface area contributed by atoms with Crippen molar-refractivity contribution >= 4 is 39.3 Å². The predicted octanol–water partition coefficient (Wildman–Crippen LogP) is 4.34. The first-order chi connectivity index (χ1) is 15.3. The van der Waals surface area contributed by atoms with Crippen LogP contribution in [0.3, 0.4) is 0 Å². The van der Waals surface area contributed by atoms with Crippen LogP contribution in [0.15, 0.2) is 53.0 Å². The van der Waals surface area contributed by atoms with Crippen LogP contribution in [0.25, 0.3) is 0 Å². The van der Waals surface area contributed by atoms with Crippen molar-refractivity contribution in [3.63, 3.8) is 0 Å². The van der Waals surface area contributed by atoms with E-state index in [0.29, 0.717) is 18.8 Å². The van der Waals surface area contributed by atoms with Crippen LogP contribution in [0.2, 0.25) is 0 Å². The second-order valence-electron chi connectivity index (χ2n) is 8.41. The largest absolute Gasteiger partial charge is 0.273 e. The lowest BCUT2D eigenvalue weighted by Gasteiger charge is -2.30. The highest BCUT2D eigenvalue weighted by atomic mass is 79.9. The highest BCUT2D eigenvalue weighted by Gasteiger charge is 2.52. The smallest absolute Gasteiger partial charge is 0.272 e. The van der Waals surface area contributed by atoms with E-state index in [0.717, 1.165) is 21.5 Å². The lowest BCUT2D eigenvalue weighted by molar-refractivity contribution is -0.384. The monoisotopic (exact) mass is 499 g/mol. The van der Waals surface area contributed by atoms with Crippen LogP contribution in [0.1, 0.15) is 42.1 Å². The summed E-state index contributed by atoms with van der Waals surface area (Å²) in [4.78, 5) is 50.4. The normalized spacial score (nSPS) is 22.6. The highest BCUT2D eigenvalue weighted by molar-refractivity contribution is 9.10. The second kappa shape index (κ2) is 8.82. The third kappa shape index (κ3) is 4.17. The third-order valence-electron chi connectivity index (χ3n) is 6.21. The van der Waals surface area contributed by atoms with Crippen LogP contribution in [-0.4, -0.2) is 32.7 Å². The van der Waals surface area contributed by atoms with Crippen LogP contribution >= 0.6 is 15.9 Å². The van der Waals surface area contributed by atoms with Crippen LogP contribution in [0.4, 0.5) is 5.69 Å². The van der Waals surface area contributed by atoms with Gasteiger partial charge < -0.3 is 0 Å². The SMILES string of the molecule is C[C@@H]1CC[C@@H]2C(=O)N(N(Cc3ccc(Br)cc3)C(=O)c3ccc([N+](=O)[O-])cc3)C(=O)[C@H]2C1. The number of hydrazine groups is 1. The second-order valence-corrected chi connectivity index (χ2v) is 9.33. The molecule has 0 unspecified atom stereocenters. The molecular formula is C23H22BrN3O5. The van der Waals surface area contributed by atoms with E-state index >= 15 is 0 Å². The van der Waals surface area contributed by atoms with Gasteiger partial charge in [-0.2, -0.15) is 5.01 Å². The summed E-state index contributed by atoms with van der Waals surface area (Å²) in [5, 5.41) is 13.2. The molecular weight excluding hydrogens is 478 g/mol. The Kier molecular flexibility index (Phi) is 6.10. The van der Waals surface area contributed by atoms with Gasteiger partial charge in [-0.25, -0.2) is 5.01 Å². The maximum Gasteiger partial charge on any atom is 0.273 e. The zero-order valence-corrected chi connectivity index (χ0v) is 19.0. The number of nitro groups is 1. The Morgan fingerprint density at radius 3 is 2.31 bits per heavy atom. The molecule has 0 aromatic heterocycles. The first-order valence-corrected chi connectivity index (χ1v) is 11.2.